The second-order valence-electron chi connectivity index (χ2n) is 3.88. The van der Waals surface area contributed by atoms with Crippen LogP contribution in [0, 0.1) is 0 Å². The van der Waals surface area contributed by atoms with Gasteiger partial charge in [0.05, 0.1) is 18.3 Å². The van der Waals surface area contributed by atoms with Gasteiger partial charge in [0, 0.05) is 0 Å². The summed E-state index contributed by atoms with van der Waals surface area (Å²) in [7, 11) is 0. The third kappa shape index (κ3) is 2.75. The van der Waals surface area contributed by atoms with Crippen LogP contribution in [-0.4, -0.2) is 23.4 Å². The van der Waals surface area contributed by atoms with Gasteiger partial charge < -0.3 is 24.1 Å². The molecule has 0 aliphatic heterocycles. The molecule has 106 valence electrons. The zero-order valence-corrected chi connectivity index (χ0v) is 10.8. The van der Waals surface area contributed by atoms with Gasteiger partial charge in [-0.1, -0.05) is 6.08 Å². The van der Waals surface area contributed by atoms with Crippen molar-refractivity contribution in [2.75, 3.05) is 13.2 Å². The van der Waals surface area contributed by atoms with Crippen LogP contribution in [0.15, 0.2) is 39.7 Å². The van der Waals surface area contributed by atoms with Crippen LogP contribution < -0.4 is 15.1 Å². The summed E-state index contributed by atoms with van der Waals surface area (Å²) >= 11 is 0. The molecule has 6 nitrogen and oxygen atoms in total. The lowest BCUT2D eigenvalue weighted by atomic mass is 10.2. The molecule has 0 spiro atoms. The highest BCUT2D eigenvalue weighted by molar-refractivity contribution is 5.86. The zero-order valence-electron chi connectivity index (χ0n) is 10.8. The first-order valence-electron chi connectivity index (χ1n) is 5.98. The highest BCUT2D eigenvalue weighted by atomic mass is 16.5. The van der Waals surface area contributed by atoms with Crippen LogP contribution in [-0.2, 0) is 0 Å². The Bertz CT molecular complexity index is 686. The molecule has 0 aliphatic rings. The maximum absolute atomic E-state index is 11.7. The number of aliphatic hydroxyl groups is 1. The first-order valence-corrected chi connectivity index (χ1v) is 5.98. The van der Waals surface area contributed by atoms with E-state index in [4.69, 9.17) is 19.0 Å². The SMILES string of the molecule is CC=COc1c(O)c2cc(OCCO)ccc2oc1=O. The van der Waals surface area contributed by atoms with E-state index >= 15 is 0 Å². The topological polar surface area (TPSA) is 89.1 Å². The summed E-state index contributed by atoms with van der Waals surface area (Å²) in [5, 5.41) is 19.1. The zero-order chi connectivity index (χ0) is 14.5. The van der Waals surface area contributed by atoms with Gasteiger partial charge in [-0.2, -0.15) is 0 Å². The number of benzene rings is 1. The molecule has 0 unspecified atom stereocenters. The molecule has 0 saturated carbocycles. The Morgan fingerprint density at radius 1 is 1.40 bits per heavy atom. The molecule has 2 rings (SSSR count). The highest BCUT2D eigenvalue weighted by Gasteiger charge is 2.15. The standard InChI is InChI=1S/C14H14O6/c1-2-6-19-13-12(16)10-8-9(18-7-5-15)3-4-11(10)20-14(13)17/h2-4,6,8,15-16H,5,7H2,1H3. The van der Waals surface area contributed by atoms with Gasteiger partial charge in [-0.15, -0.1) is 0 Å². The fourth-order valence-electron chi connectivity index (χ4n) is 1.64. The molecule has 0 radical (unpaired) electrons. The minimum absolute atomic E-state index is 0.121. The van der Waals surface area contributed by atoms with E-state index in [2.05, 4.69) is 0 Å². The van der Waals surface area contributed by atoms with E-state index in [0.29, 0.717) is 11.1 Å². The van der Waals surface area contributed by atoms with E-state index in [9.17, 15) is 9.90 Å². The number of rotatable bonds is 5. The first-order chi connectivity index (χ1) is 9.67. The maximum Gasteiger partial charge on any atom is 0.383 e. The third-order valence-electron chi connectivity index (χ3n) is 2.49. The number of allylic oxidation sites excluding steroid dienone is 1. The van der Waals surface area contributed by atoms with Crippen molar-refractivity contribution in [3.63, 3.8) is 0 Å². The molecule has 0 aliphatic carbocycles. The summed E-state index contributed by atoms with van der Waals surface area (Å²) in [6, 6.07) is 4.58. The Morgan fingerprint density at radius 3 is 2.90 bits per heavy atom. The van der Waals surface area contributed by atoms with Crippen molar-refractivity contribution in [1.82, 2.24) is 0 Å². The second kappa shape index (κ2) is 6.12. The molecule has 2 N–H and O–H groups in total. The van der Waals surface area contributed by atoms with Crippen LogP contribution >= 0.6 is 0 Å². The summed E-state index contributed by atoms with van der Waals surface area (Å²) in [6.07, 6.45) is 2.84. The molecule has 1 heterocycles. The molecule has 0 saturated heterocycles. The fraction of sp³-hybridized carbons (Fsp3) is 0.214. The lowest BCUT2D eigenvalue weighted by Gasteiger charge is -2.08. The van der Waals surface area contributed by atoms with E-state index < -0.39 is 5.63 Å². The molecular formula is C14H14O6. The predicted molar refractivity (Wildman–Crippen MR) is 72.2 cm³/mol. The quantitative estimate of drug-likeness (QED) is 0.640. The number of ether oxygens (including phenoxy) is 2. The Labute approximate surface area is 114 Å². The predicted octanol–water partition coefficient (Wildman–Crippen LogP) is 1.78. The van der Waals surface area contributed by atoms with Crippen LogP contribution in [0.2, 0.25) is 0 Å². The van der Waals surface area contributed by atoms with Crippen molar-refractivity contribution >= 4 is 11.0 Å². The number of hydrogen-bond acceptors (Lipinski definition) is 6. The van der Waals surface area contributed by atoms with Crippen LogP contribution in [0.3, 0.4) is 0 Å². The number of fused-ring (bicyclic) bond motifs is 1. The molecule has 2 aromatic rings. The lowest BCUT2D eigenvalue weighted by molar-refractivity contribution is 0.201. The van der Waals surface area contributed by atoms with Gasteiger partial charge in [0.2, 0.25) is 0 Å². The maximum atomic E-state index is 11.7. The molecule has 6 heteroatoms. The van der Waals surface area contributed by atoms with Crippen LogP contribution in [0.25, 0.3) is 11.0 Å². The van der Waals surface area contributed by atoms with Crippen molar-refractivity contribution in [3.8, 4) is 17.2 Å². The van der Waals surface area contributed by atoms with Crippen LogP contribution in [0.1, 0.15) is 6.92 Å². The normalized spacial score (nSPS) is 11.1. The molecule has 0 fully saturated rings. The van der Waals surface area contributed by atoms with Crippen molar-refractivity contribution in [3.05, 3.63) is 41.0 Å². The molecular weight excluding hydrogens is 264 g/mol. The minimum atomic E-state index is -0.767. The highest BCUT2D eigenvalue weighted by Crippen LogP contribution is 2.33. The van der Waals surface area contributed by atoms with Crippen LogP contribution in [0.4, 0.5) is 0 Å². The van der Waals surface area contributed by atoms with Gasteiger partial charge in [0.25, 0.3) is 5.75 Å². The van der Waals surface area contributed by atoms with E-state index in [1.165, 1.54) is 18.4 Å². The Morgan fingerprint density at radius 2 is 2.20 bits per heavy atom. The molecule has 20 heavy (non-hydrogen) atoms. The summed E-state index contributed by atoms with van der Waals surface area (Å²) < 4.78 is 15.3. The summed E-state index contributed by atoms with van der Waals surface area (Å²) in [5.74, 6) is -0.161. The van der Waals surface area contributed by atoms with E-state index in [1.807, 2.05) is 0 Å². The van der Waals surface area contributed by atoms with Gasteiger partial charge in [0.15, 0.2) is 5.75 Å². The molecule has 0 amide bonds. The van der Waals surface area contributed by atoms with Crippen molar-refractivity contribution < 1.29 is 24.1 Å². The smallest absolute Gasteiger partial charge is 0.383 e. The van der Waals surface area contributed by atoms with Gasteiger partial charge >= 0.3 is 5.63 Å². The molecule has 1 aromatic carbocycles. The molecule has 1 aromatic heterocycles. The van der Waals surface area contributed by atoms with Crippen molar-refractivity contribution in [2.24, 2.45) is 0 Å². The molecule has 0 atom stereocenters. The Kier molecular flexibility index (Phi) is 4.27. The monoisotopic (exact) mass is 278 g/mol. The number of aliphatic hydroxyl groups excluding tert-OH is 1. The van der Waals surface area contributed by atoms with Gasteiger partial charge in [-0.05, 0) is 25.1 Å². The van der Waals surface area contributed by atoms with E-state index in [1.54, 1.807) is 19.1 Å². The Balaban J connectivity index is 2.52. The molecule has 0 bridgehead atoms. The van der Waals surface area contributed by atoms with E-state index in [0.717, 1.165) is 0 Å². The van der Waals surface area contributed by atoms with Gasteiger partial charge in [-0.3, -0.25) is 0 Å². The summed E-state index contributed by atoms with van der Waals surface area (Å²) in [5.41, 5.74) is -0.547. The average molecular weight is 278 g/mol. The van der Waals surface area contributed by atoms with E-state index in [-0.39, 0.29) is 30.3 Å². The third-order valence-corrected chi connectivity index (χ3v) is 2.49. The number of aromatic hydroxyl groups is 1. The van der Waals surface area contributed by atoms with Crippen LogP contribution in [0.5, 0.6) is 17.2 Å². The minimum Gasteiger partial charge on any atom is -0.504 e. The second-order valence-corrected chi connectivity index (χ2v) is 3.88. The van der Waals surface area contributed by atoms with Crippen molar-refractivity contribution in [2.45, 2.75) is 6.92 Å². The summed E-state index contributed by atoms with van der Waals surface area (Å²) in [4.78, 5) is 11.7. The number of hydrogen-bond donors (Lipinski definition) is 2. The first kappa shape index (κ1) is 14.0. The van der Waals surface area contributed by atoms with Gasteiger partial charge in [-0.25, -0.2) is 4.79 Å². The fourth-order valence-corrected chi connectivity index (χ4v) is 1.64. The largest absolute Gasteiger partial charge is 0.504 e. The lowest BCUT2D eigenvalue weighted by Crippen LogP contribution is -2.04. The van der Waals surface area contributed by atoms with Crippen molar-refractivity contribution in [1.29, 1.82) is 0 Å². The summed E-state index contributed by atoms with van der Waals surface area (Å²) in [6.45, 7) is 1.72. The van der Waals surface area contributed by atoms with Gasteiger partial charge in [0.1, 0.15) is 17.9 Å². The Hall–Kier alpha value is -2.47. The average Bonchev–Trinajstić information content (AvgIpc) is 2.45.